The Morgan fingerprint density at radius 2 is 2.35 bits per heavy atom. The summed E-state index contributed by atoms with van der Waals surface area (Å²) in [6, 6.07) is 6.64. The topological polar surface area (TPSA) is 51.4 Å². The van der Waals surface area contributed by atoms with Crippen molar-refractivity contribution < 1.29 is 4.74 Å². The molecule has 0 aromatic carbocycles. The molecule has 0 radical (unpaired) electrons. The third kappa shape index (κ3) is 2.83. The Bertz CT molecular complexity index is 336. The number of hydrogen-bond acceptors (Lipinski definition) is 4. The van der Waals surface area contributed by atoms with Gasteiger partial charge in [0.15, 0.2) is 0 Å². The first-order valence-corrected chi connectivity index (χ1v) is 6.16. The summed E-state index contributed by atoms with van der Waals surface area (Å²) in [6.45, 7) is 3.68. The van der Waals surface area contributed by atoms with Crippen LogP contribution in [0.2, 0.25) is 0 Å². The monoisotopic (exact) mass is 235 g/mol. The van der Waals surface area contributed by atoms with Gasteiger partial charge in [0.1, 0.15) is 0 Å². The number of hydrogen-bond donors (Lipinski definition) is 1. The summed E-state index contributed by atoms with van der Waals surface area (Å²) in [6.07, 6.45) is 2.90. The van der Waals surface area contributed by atoms with Crippen LogP contribution in [-0.2, 0) is 4.74 Å². The van der Waals surface area contributed by atoms with Crippen LogP contribution in [0.25, 0.3) is 0 Å². The lowest BCUT2D eigenvalue weighted by Gasteiger charge is -2.34. The zero-order chi connectivity index (χ0) is 12.3. The molecule has 2 rings (SSSR count). The van der Waals surface area contributed by atoms with E-state index in [0.717, 1.165) is 25.3 Å². The van der Waals surface area contributed by atoms with Gasteiger partial charge in [0.05, 0.1) is 18.3 Å². The van der Waals surface area contributed by atoms with Crippen molar-refractivity contribution in [1.82, 2.24) is 9.88 Å². The fourth-order valence-electron chi connectivity index (χ4n) is 2.47. The number of nitrogens with two attached hydrogens (primary N) is 1. The molecule has 3 unspecified atom stereocenters. The van der Waals surface area contributed by atoms with Crippen molar-refractivity contribution in [2.75, 3.05) is 20.3 Å². The maximum atomic E-state index is 6.11. The summed E-state index contributed by atoms with van der Waals surface area (Å²) in [4.78, 5) is 6.74. The van der Waals surface area contributed by atoms with Gasteiger partial charge in [-0.2, -0.15) is 0 Å². The van der Waals surface area contributed by atoms with Gasteiger partial charge in [0.25, 0.3) is 0 Å². The SMILES string of the molecule is CC(N)C(c1ccccn1)N(C)C1CCOC1. The number of ether oxygens (including phenoxy) is 1. The normalized spacial score (nSPS) is 23.9. The molecule has 1 aliphatic heterocycles. The summed E-state index contributed by atoms with van der Waals surface area (Å²) < 4.78 is 5.44. The lowest BCUT2D eigenvalue weighted by Crippen LogP contribution is -2.43. The van der Waals surface area contributed by atoms with Crippen LogP contribution in [0.5, 0.6) is 0 Å². The molecule has 17 heavy (non-hydrogen) atoms. The van der Waals surface area contributed by atoms with Gasteiger partial charge in [0, 0.05) is 24.9 Å². The third-order valence-corrected chi connectivity index (χ3v) is 3.41. The Kier molecular flexibility index (Phi) is 4.10. The molecule has 1 fully saturated rings. The Morgan fingerprint density at radius 1 is 1.53 bits per heavy atom. The second-order valence-electron chi connectivity index (χ2n) is 4.74. The highest BCUT2D eigenvalue weighted by Crippen LogP contribution is 2.25. The third-order valence-electron chi connectivity index (χ3n) is 3.41. The van der Waals surface area contributed by atoms with E-state index in [-0.39, 0.29) is 12.1 Å². The average Bonchev–Trinajstić information content (AvgIpc) is 2.83. The summed E-state index contributed by atoms with van der Waals surface area (Å²) in [7, 11) is 2.11. The van der Waals surface area contributed by atoms with Gasteiger partial charge in [-0.25, -0.2) is 0 Å². The number of likely N-dealkylation sites (N-methyl/N-ethyl adjacent to an activating group) is 1. The van der Waals surface area contributed by atoms with Crippen LogP contribution >= 0.6 is 0 Å². The van der Waals surface area contributed by atoms with Crippen LogP contribution in [0.3, 0.4) is 0 Å². The minimum absolute atomic E-state index is 0.0514. The predicted molar refractivity (Wildman–Crippen MR) is 67.6 cm³/mol. The van der Waals surface area contributed by atoms with E-state index >= 15 is 0 Å². The van der Waals surface area contributed by atoms with E-state index in [4.69, 9.17) is 10.5 Å². The second kappa shape index (κ2) is 5.58. The molecule has 0 spiro atoms. The van der Waals surface area contributed by atoms with Crippen molar-refractivity contribution in [1.29, 1.82) is 0 Å². The lowest BCUT2D eigenvalue weighted by atomic mass is 10.0. The highest BCUT2D eigenvalue weighted by molar-refractivity contribution is 5.11. The van der Waals surface area contributed by atoms with Crippen molar-refractivity contribution in [2.45, 2.75) is 31.5 Å². The molecule has 1 aromatic heterocycles. The maximum absolute atomic E-state index is 6.11. The van der Waals surface area contributed by atoms with Crippen LogP contribution in [-0.4, -0.2) is 42.2 Å². The van der Waals surface area contributed by atoms with Crippen molar-refractivity contribution in [3.8, 4) is 0 Å². The number of aromatic nitrogens is 1. The highest BCUT2D eigenvalue weighted by atomic mass is 16.5. The first-order valence-electron chi connectivity index (χ1n) is 6.16. The molecule has 94 valence electrons. The summed E-state index contributed by atoms with van der Waals surface area (Å²) >= 11 is 0. The number of rotatable bonds is 4. The Labute approximate surface area is 103 Å². The van der Waals surface area contributed by atoms with E-state index in [1.54, 1.807) is 0 Å². The van der Waals surface area contributed by atoms with Crippen LogP contribution in [0.15, 0.2) is 24.4 Å². The van der Waals surface area contributed by atoms with Crippen molar-refractivity contribution >= 4 is 0 Å². The van der Waals surface area contributed by atoms with Crippen LogP contribution in [0.1, 0.15) is 25.1 Å². The van der Waals surface area contributed by atoms with E-state index in [1.165, 1.54) is 0 Å². The van der Waals surface area contributed by atoms with Crippen LogP contribution in [0, 0.1) is 0 Å². The van der Waals surface area contributed by atoms with Gasteiger partial charge < -0.3 is 10.5 Å². The lowest BCUT2D eigenvalue weighted by molar-refractivity contribution is 0.121. The van der Waals surface area contributed by atoms with Gasteiger partial charge in [-0.1, -0.05) is 6.07 Å². The molecule has 1 aromatic rings. The molecule has 2 heterocycles. The maximum Gasteiger partial charge on any atom is 0.0671 e. The van der Waals surface area contributed by atoms with Crippen molar-refractivity contribution in [3.05, 3.63) is 30.1 Å². The smallest absolute Gasteiger partial charge is 0.0671 e. The molecule has 1 aliphatic rings. The van der Waals surface area contributed by atoms with Gasteiger partial charge in [-0.3, -0.25) is 9.88 Å². The van der Waals surface area contributed by atoms with E-state index in [9.17, 15) is 0 Å². The highest BCUT2D eigenvalue weighted by Gasteiger charge is 2.30. The predicted octanol–water partition coefficient (Wildman–Crippen LogP) is 1.19. The molecule has 2 N–H and O–H groups in total. The van der Waals surface area contributed by atoms with Gasteiger partial charge >= 0.3 is 0 Å². The summed E-state index contributed by atoms with van der Waals surface area (Å²) in [5.41, 5.74) is 7.15. The van der Waals surface area contributed by atoms with Crippen molar-refractivity contribution in [3.63, 3.8) is 0 Å². The largest absolute Gasteiger partial charge is 0.380 e. The van der Waals surface area contributed by atoms with Gasteiger partial charge in [-0.15, -0.1) is 0 Å². The molecule has 3 atom stereocenters. The number of nitrogens with zero attached hydrogens (tertiary/aromatic N) is 2. The molecular formula is C13H21N3O. The molecule has 0 amide bonds. The summed E-state index contributed by atoms with van der Waals surface area (Å²) in [5, 5.41) is 0. The standard InChI is InChI=1S/C13H21N3O/c1-10(14)13(12-5-3-4-7-15-12)16(2)11-6-8-17-9-11/h3-5,7,10-11,13H,6,8-9,14H2,1-2H3. The minimum atomic E-state index is 0.0514. The first-order chi connectivity index (χ1) is 8.20. The van der Waals surface area contributed by atoms with E-state index in [2.05, 4.69) is 16.9 Å². The minimum Gasteiger partial charge on any atom is -0.380 e. The van der Waals surface area contributed by atoms with Crippen LogP contribution < -0.4 is 5.73 Å². The van der Waals surface area contributed by atoms with Crippen LogP contribution in [0.4, 0.5) is 0 Å². The molecule has 1 saturated heterocycles. The molecular weight excluding hydrogens is 214 g/mol. The fraction of sp³-hybridized carbons (Fsp3) is 0.615. The Morgan fingerprint density at radius 3 is 2.88 bits per heavy atom. The molecule has 4 heteroatoms. The van der Waals surface area contributed by atoms with E-state index in [1.807, 2.05) is 31.3 Å². The van der Waals surface area contributed by atoms with E-state index in [0.29, 0.717) is 6.04 Å². The molecule has 0 saturated carbocycles. The average molecular weight is 235 g/mol. The zero-order valence-electron chi connectivity index (χ0n) is 10.5. The molecule has 4 nitrogen and oxygen atoms in total. The second-order valence-corrected chi connectivity index (χ2v) is 4.74. The quantitative estimate of drug-likeness (QED) is 0.851. The molecule has 0 bridgehead atoms. The van der Waals surface area contributed by atoms with E-state index < -0.39 is 0 Å². The number of pyridine rings is 1. The zero-order valence-corrected chi connectivity index (χ0v) is 10.5. The first kappa shape index (κ1) is 12.5. The summed E-state index contributed by atoms with van der Waals surface area (Å²) in [5.74, 6) is 0. The van der Waals surface area contributed by atoms with Crippen molar-refractivity contribution in [2.24, 2.45) is 5.73 Å². The molecule has 0 aliphatic carbocycles. The van der Waals surface area contributed by atoms with Gasteiger partial charge in [-0.05, 0) is 32.5 Å². The fourth-order valence-corrected chi connectivity index (χ4v) is 2.47. The Hall–Kier alpha value is -0.970. The van der Waals surface area contributed by atoms with Gasteiger partial charge in [0.2, 0.25) is 0 Å². The Balaban J connectivity index is 2.17.